The van der Waals surface area contributed by atoms with E-state index in [9.17, 15) is 9.59 Å². The lowest BCUT2D eigenvalue weighted by Gasteiger charge is -2.30. The van der Waals surface area contributed by atoms with Crippen LogP contribution in [0.5, 0.6) is 11.8 Å². The molecule has 35 heavy (non-hydrogen) atoms. The van der Waals surface area contributed by atoms with E-state index < -0.39 is 0 Å². The minimum Gasteiger partial charge on any atom is -0.424 e. The van der Waals surface area contributed by atoms with Gasteiger partial charge in [0.1, 0.15) is 5.75 Å². The third-order valence-electron chi connectivity index (χ3n) is 6.95. The number of carbonyl (C=O) groups is 2. The lowest BCUT2D eigenvalue weighted by Crippen LogP contribution is -2.44. The van der Waals surface area contributed by atoms with Crippen LogP contribution < -0.4 is 4.74 Å². The van der Waals surface area contributed by atoms with Crippen molar-refractivity contribution in [3.05, 3.63) is 84.2 Å². The summed E-state index contributed by atoms with van der Waals surface area (Å²) in [5, 5.41) is 0. The minimum absolute atomic E-state index is 0.0140. The molecule has 180 valence electrons. The van der Waals surface area contributed by atoms with Crippen LogP contribution in [0.1, 0.15) is 41.6 Å². The van der Waals surface area contributed by atoms with Crippen LogP contribution in [0.25, 0.3) is 0 Å². The molecule has 0 N–H and O–H groups in total. The van der Waals surface area contributed by atoms with Gasteiger partial charge in [-0.05, 0) is 55.0 Å². The monoisotopic (exact) mass is 470 g/mol. The summed E-state index contributed by atoms with van der Waals surface area (Å²) in [6, 6.07) is 19.3. The molecule has 0 radical (unpaired) electrons. The number of hydrogen-bond donors (Lipinski definition) is 0. The van der Waals surface area contributed by atoms with Crippen molar-refractivity contribution in [3.63, 3.8) is 0 Å². The first-order chi connectivity index (χ1) is 17.2. The second kappa shape index (κ2) is 10.7. The Balaban J connectivity index is 1.27. The molecule has 2 atom stereocenters. The van der Waals surface area contributed by atoms with Crippen LogP contribution in [-0.2, 0) is 11.2 Å². The molecule has 0 aliphatic carbocycles. The van der Waals surface area contributed by atoms with Gasteiger partial charge in [-0.25, -0.2) is 9.97 Å². The number of ether oxygens (including phenoxy) is 1. The molecule has 2 aliphatic heterocycles. The van der Waals surface area contributed by atoms with Gasteiger partial charge in [0, 0.05) is 44.0 Å². The Morgan fingerprint density at radius 2 is 1.77 bits per heavy atom. The fourth-order valence-electron chi connectivity index (χ4n) is 5.16. The maximum atomic E-state index is 13.6. The molecule has 0 saturated carbocycles. The van der Waals surface area contributed by atoms with E-state index in [2.05, 4.69) is 22.1 Å². The average Bonchev–Trinajstić information content (AvgIpc) is 3.22. The molecule has 2 saturated heterocycles. The largest absolute Gasteiger partial charge is 0.424 e. The summed E-state index contributed by atoms with van der Waals surface area (Å²) >= 11 is 0. The zero-order chi connectivity index (χ0) is 24.0. The van der Waals surface area contributed by atoms with Crippen LogP contribution in [0, 0.1) is 5.92 Å². The van der Waals surface area contributed by atoms with Gasteiger partial charge < -0.3 is 14.5 Å². The van der Waals surface area contributed by atoms with Crippen molar-refractivity contribution in [1.82, 2.24) is 19.8 Å². The molecule has 7 heteroatoms. The predicted molar refractivity (Wildman–Crippen MR) is 132 cm³/mol. The molecule has 0 unspecified atom stereocenters. The molecule has 2 fully saturated rings. The summed E-state index contributed by atoms with van der Waals surface area (Å²) < 4.78 is 5.73. The number of nitrogens with zero attached hydrogens (tertiary/aromatic N) is 4. The Labute approximate surface area is 205 Å². The zero-order valence-corrected chi connectivity index (χ0v) is 19.8. The number of likely N-dealkylation sites (tertiary alicyclic amines) is 2. The van der Waals surface area contributed by atoms with Gasteiger partial charge in [-0.2, -0.15) is 0 Å². The second-order valence-corrected chi connectivity index (χ2v) is 9.27. The Morgan fingerprint density at radius 1 is 0.943 bits per heavy atom. The first-order valence-electron chi connectivity index (χ1n) is 12.3. The van der Waals surface area contributed by atoms with Crippen LogP contribution in [0.2, 0.25) is 0 Å². The van der Waals surface area contributed by atoms with Crippen LogP contribution in [0.3, 0.4) is 0 Å². The third kappa shape index (κ3) is 5.50. The SMILES string of the molecule is O=C(CCc1ccccc1)N1C[C@@H]2CCCCN(C(=O)c3cccc(Oc4ncccn4)c3)[C@@H]2C1. The summed E-state index contributed by atoms with van der Waals surface area (Å²) in [4.78, 5) is 38.8. The number of aryl methyl sites for hydroxylation is 1. The van der Waals surface area contributed by atoms with Gasteiger partial charge in [0.2, 0.25) is 5.91 Å². The quantitative estimate of drug-likeness (QED) is 0.535. The first kappa shape index (κ1) is 23.0. The highest BCUT2D eigenvalue weighted by Crippen LogP contribution is 2.32. The Morgan fingerprint density at radius 3 is 2.60 bits per heavy atom. The number of fused-ring (bicyclic) bond motifs is 1. The fourth-order valence-corrected chi connectivity index (χ4v) is 5.16. The molecule has 3 heterocycles. The van der Waals surface area contributed by atoms with E-state index in [1.54, 1.807) is 30.6 Å². The summed E-state index contributed by atoms with van der Waals surface area (Å²) in [5.74, 6) is 1.00. The molecule has 5 rings (SSSR count). The second-order valence-electron chi connectivity index (χ2n) is 9.27. The van der Waals surface area contributed by atoms with E-state index in [1.165, 1.54) is 5.56 Å². The van der Waals surface area contributed by atoms with Crippen molar-refractivity contribution >= 4 is 11.8 Å². The highest BCUT2D eigenvalue weighted by molar-refractivity contribution is 5.95. The number of carbonyl (C=O) groups excluding carboxylic acids is 2. The van der Waals surface area contributed by atoms with E-state index >= 15 is 0 Å². The van der Waals surface area contributed by atoms with E-state index in [0.717, 1.165) is 32.2 Å². The van der Waals surface area contributed by atoms with E-state index in [4.69, 9.17) is 4.74 Å². The van der Waals surface area contributed by atoms with Crippen molar-refractivity contribution in [2.24, 2.45) is 5.92 Å². The molecule has 0 bridgehead atoms. The highest BCUT2D eigenvalue weighted by Gasteiger charge is 2.41. The molecule has 1 aromatic heterocycles. The maximum Gasteiger partial charge on any atom is 0.321 e. The molecule has 2 aromatic carbocycles. The lowest BCUT2D eigenvalue weighted by atomic mass is 9.98. The van der Waals surface area contributed by atoms with E-state index in [0.29, 0.717) is 36.7 Å². The van der Waals surface area contributed by atoms with Gasteiger partial charge in [0.25, 0.3) is 5.91 Å². The molecule has 7 nitrogen and oxygen atoms in total. The van der Waals surface area contributed by atoms with Crippen LogP contribution in [0.15, 0.2) is 73.1 Å². The topological polar surface area (TPSA) is 75.6 Å². The lowest BCUT2D eigenvalue weighted by molar-refractivity contribution is -0.130. The van der Waals surface area contributed by atoms with Gasteiger partial charge in [-0.15, -0.1) is 0 Å². The van der Waals surface area contributed by atoms with Crippen molar-refractivity contribution in [1.29, 1.82) is 0 Å². The Kier molecular flexibility index (Phi) is 7.02. The first-order valence-corrected chi connectivity index (χ1v) is 12.3. The van der Waals surface area contributed by atoms with Crippen LogP contribution in [0.4, 0.5) is 0 Å². The van der Waals surface area contributed by atoms with Crippen molar-refractivity contribution in [3.8, 4) is 11.8 Å². The van der Waals surface area contributed by atoms with E-state index in [-0.39, 0.29) is 23.9 Å². The predicted octanol–water partition coefficient (Wildman–Crippen LogP) is 4.35. The van der Waals surface area contributed by atoms with Gasteiger partial charge in [-0.1, -0.05) is 42.8 Å². The van der Waals surface area contributed by atoms with Crippen molar-refractivity contribution in [2.75, 3.05) is 19.6 Å². The van der Waals surface area contributed by atoms with Gasteiger partial charge in [0.05, 0.1) is 6.04 Å². The highest BCUT2D eigenvalue weighted by atomic mass is 16.5. The molecule has 0 spiro atoms. The third-order valence-corrected chi connectivity index (χ3v) is 6.95. The molecule has 3 aromatic rings. The zero-order valence-electron chi connectivity index (χ0n) is 19.8. The fraction of sp³-hybridized carbons (Fsp3) is 0.357. The molecule has 2 amide bonds. The summed E-state index contributed by atoms with van der Waals surface area (Å²) in [5.41, 5.74) is 1.75. The smallest absolute Gasteiger partial charge is 0.321 e. The average molecular weight is 471 g/mol. The molecular weight excluding hydrogens is 440 g/mol. The summed E-state index contributed by atoms with van der Waals surface area (Å²) in [6.07, 6.45) is 7.57. The Hall–Kier alpha value is -3.74. The summed E-state index contributed by atoms with van der Waals surface area (Å²) in [7, 11) is 0. The number of aromatic nitrogens is 2. The number of amides is 2. The molecule has 2 aliphatic rings. The maximum absolute atomic E-state index is 13.6. The normalized spacial score (nSPS) is 19.7. The van der Waals surface area contributed by atoms with E-state index in [1.807, 2.05) is 40.1 Å². The minimum atomic E-state index is -0.0140. The van der Waals surface area contributed by atoms with Gasteiger partial charge >= 0.3 is 6.01 Å². The standard InChI is InChI=1S/C28H30N4O3/c33-26(14-13-21-8-2-1-3-9-21)31-19-23-10-4-5-17-32(25(23)20-31)27(34)22-11-6-12-24(18-22)35-28-29-15-7-16-30-28/h1-3,6-9,11-12,15-16,18,23,25H,4-5,10,13-14,17,19-20H2/t23-,25+/m0/s1. The van der Waals surface area contributed by atoms with Crippen molar-refractivity contribution in [2.45, 2.75) is 38.1 Å². The van der Waals surface area contributed by atoms with Crippen molar-refractivity contribution < 1.29 is 14.3 Å². The van der Waals surface area contributed by atoms with Gasteiger partial charge in [0.15, 0.2) is 0 Å². The van der Waals surface area contributed by atoms with Crippen LogP contribution >= 0.6 is 0 Å². The van der Waals surface area contributed by atoms with Gasteiger partial charge in [-0.3, -0.25) is 9.59 Å². The molecular formula is C28H30N4O3. The van der Waals surface area contributed by atoms with Crippen LogP contribution in [-0.4, -0.2) is 57.3 Å². The Bertz CT molecular complexity index is 1160. The number of benzene rings is 2. The number of hydrogen-bond acceptors (Lipinski definition) is 5. The summed E-state index contributed by atoms with van der Waals surface area (Å²) in [6.45, 7) is 2.05. The number of rotatable bonds is 6.